The van der Waals surface area contributed by atoms with E-state index in [1.807, 2.05) is 6.07 Å². The fourth-order valence-electron chi connectivity index (χ4n) is 1.37. The first-order valence-electron chi connectivity index (χ1n) is 5.06. The van der Waals surface area contributed by atoms with Crippen LogP contribution in [0.1, 0.15) is 5.56 Å². The Bertz CT molecular complexity index is 638. The van der Waals surface area contributed by atoms with Crippen LogP contribution in [0.15, 0.2) is 36.7 Å². The highest BCUT2D eigenvalue weighted by Gasteiger charge is 2.00. The van der Waals surface area contributed by atoms with Gasteiger partial charge in [-0.1, -0.05) is 6.07 Å². The summed E-state index contributed by atoms with van der Waals surface area (Å²) in [5.41, 5.74) is 1.31. The molecule has 0 aliphatic heterocycles. The predicted molar refractivity (Wildman–Crippen MR) is 65.7 cm³/mol. The van der Waals surface area contributed by atoms with E-state index in [0.29, 0.717) is 17.2 Å². The van der Waals surface area contributed by atoms with E-state index in [9.17, 15) is 0 Å². The lowest BCUT2D eigenvalue weighted by molar-refractivity contribution is 1.17. The SMILES string of the molecule is N#CNc1cc(Nc2cccc(C#N)c2)ncn1. The van der Waals surface area contributed by atoms with E-state index in [-0.39, 0.29) is 0 Å². The van der Waals surface area contributed by atoms with E-state index < -0.39 is 0 Å². The lowest BCUT2D eigenvalue weighted by atomic mass is 10.2. The first-order valence-corrected chi connectivity index (χ1v) is 5.06. The minimum absolute atomic E-state index is 0.409. The van der Waals surface area contributed by atoms with Crippen LogP contribution in [0.5, 0.6) is 0 Å². The van der Waals surface area contributed by atoms with Crippen LogP contribution in [0.4, 0.5) is 17.3 Å². The van der Waals surface area contributed by atoms with Crippen LogP contribution in [0.2, 0.25) is 0 Å². The van der Waals surface area contributed by atoms with Gasteiger partial charge in [0.05, 0.1) is 11.6 Å². The Morgan fingerprint density at radius 1 is 1.06 bits per heavy atom. The molecule has 1 aromatic carbocycles. The zero-order chi connectivity index (χ0) is 12.8. The normalized spacial score (nSPS) is 9.00. The summed E-state index contributed by atoms with van der Waals surface area (Å²) in [6, 6.07) is 10.7. The third-order valence-corrected chi connectivity index (χ3v) is 2.12. The molecule has 0 amide bonds. The highest BCUT2D eigenvalue weighted by Crippen LogP contribution is 2.16. The average molecular weight is 236 g/mol. The average Bonchev–Trinajstić information content (AvgIpc) is 2.40. The van der Waals surface area contributed by atoms with Crippen molar-refractivity contribution in [1.29, 1.82) is 10.5 Å². The molecule has 6 heteroatoms. The van der Waals surface area contributed by atoms with Crippen LogP contribution >= 0.6 is 0 Å². The fraction of sp³-hybridized carbons (Fsp3) is 0. The molecule has 0 saturated carbocycles. The summed E-state index contributed by atoms with van der Waals surface area (Å²) in [5, 5.41) is 22.7. The molecule has 0 saturated heterocycles. The van der Waals surface area contributed by atoms with Crippen molar-refractivity contribution >= 4 is 17.3 Å². The number of rotatable bonds is 3. The molecule has 2 aromatic rings. The Balaban J connectivity index is 2.21. The zero-order valence-electron chi connectivity index (χ0n) is 9.25. The van der Waals surface area contributed by atoms with Crippen LogP contribution < -0.4 is 10.6 Å². The Morgan fingerprint density at radius 3 is 2.67 bits per heavy atom. The van der Waals surface area contributed by atoms with Gasteiger partial charge in [-0.25, -0.2) is 9.97 Å². The number of nitrogens with one attached hydrogen (secondary N) is 2. The van der Waals surface area contributed by atoms with Crippen molar-refractivity contribution < 1.29 is 0 Å². The molecule has 0 atom stereocenters. The summed E-state index contributed by atoms with van der Waals surface area (Å²) in [6.45, 7) is 0. The van der Waals surface area contributed by atoms with Crippen LogP contribution in [0, 0.1) is 22.8 Å². The number of hydrogen-bond donors (Lipinski definition) is 2. The number of anilines is 3. The van der Waals surface area contributed by atoms with Gasteiger partial charge in [-0.05, 0) is 18.2 Å². The molecule has 18 heavy (non-hydrogen) atoms. The Morgan fingerprint density at radius 2 is 1.89 bits per heavy atom. The Hall–Kier alpha value is -3.12. The summed E-state index contributed by atoms with van der Waals surface area (Å²) < 4.78 is 0. The molecule has 0 bridgehead atoms. The van der Waals surface area contributed by atoms with Crippen LogP contribution in [0.3, 0.4) is 0 Å². The molecule has 0 spiro atoms. The third-order valence-electron chi connectivity index (χ3n) is 2.12. The quantitative estimate of drug-likeness (QED) is 0.624. The van der Waals surface area contributed by atoms with Gasteiger partial charge >= 0.3 is 0 Å². The highest BCUT2D eigenvalue weighted by molar-refractivity contribution is 5.60. The standard InChI is InChI=1S/C12H8N6/c13-6-9-2-1-3-10(4-9)18-12-5-11(15-7-14)16-8-17-12/h1-5,8H,(H2,15,16,17,18). The third kappa shape index (κ3) is 2.71. The summed E-state index contributed by atoms with van der Waals surface area (Å²) in [5.74, 6) is 0.948. The molecular weight excluding hydrogens is 228 g/mol. The van der Waals surface area contributed by atoms with E-state index in [4.69, 9.17) is 10.5 Å². The molecule has 86 valence electrons. The number of benzene rings is 1. The van der Waals surface area contributed by atoms with Crippen molar-refractivity contribution in [3.8, 4) is 12.3 Å². The van der Waals surface area contributed by atoms with Gasteiger partial charge in [0.2, 0.25) is 0 Å². The van der Waals surface area contributed by atoms with Gasteiger partial charge in [0.1, 0.15) is 18.0 Å². The van der Waals surface area contributed by atoms with Crippen molar-refractivity contribution in [3.63, 3.8) is 0 Å². The zero-order valence-corrected chi connectivity index (χ0v) is 9.25. The van der Waals surface area contributed by atoms with Gasteiger partial charge in [-0.2, -0.15) is 10.5 Å². The molecular formula is C12H8N6. The van der Waals surface area contributed by atoms with Gasteiger partial charge in [0, 0.05) is 11.8 Å². The van der Waals surface area contributed by atoms with Crippen molar-refractivity contribution in [1.82, 2.24) is 9.97 Å². The molecule has 0 unspecified atom stereocenters. The van der Waals surface area contributed by atoms with E-state index in [2.05, 4.69) is 26.7 Å². The minimum atomic E-state index is 0.409. The molecule has 0 aliphatic rings. The fourth-order valence-corrected chi connectivity index (χ4v) is 1.37. The summed E-state index contributed by atoms with van der Waals surface area (Å²) in [4.78, 5) is 7.89. The molecule has 2 rings (SSSR count). The molecule has 2 N–H and O–H groups in total. The first-order chi connectivity index (χ1) is 8.81. The summed E-state index contributed by atoms with van der Waals surface area (Å²) in [6.07, 6.45) is 3.13. The molecule has 0 aliphatic carbocycles. The van der Waals surface area contributed by atoms with E-state index in [1.54, 1.807) is 30.5 Å². The summed E-state index contributed by atoms with van der Waals surface area (Å²) >= 11 is 0. The molecule has 1 heterocycles. The van der Waals surface area contributed by atoms with Gasteiger partial charge in [0.25, 0.3) is 0 Å². The second kappa shape index (κ2) is 5.28. The molecule has 1 aromatic heterocycles. The second-order valence-electron chi connectivity index (χ2n) is 3.34. The van der Waals surface area contributed by atoms with Crippen molar-refractivity contribution in [3.05, 3.63) is 42.2 Å². The van der Waals surface area contributed by atoms with Gasteiger partial charge in [-0.15, -0.1) is 0 Å². The number of hydrogen-bond acceptors (Lipinski definition) is 6. The smallest absolute Gasteiger partial charge is 0.182 e. The number of aromatic nitrogens is 2. The number of nitrogens with zero attached hydrogens (tertiary/aromatic N) is 4. The number of nitriles is 2. The minimum Gasteiger partial charge on any atom is -0.340 e. The molecule has 0 radical (unpaired) electrons. The molecule has 0 fully saturated rings. The first kappa shape index (κ1) is 11.4. The Labute approximate surface area is 104 Å². The second-order valence-corrected chi connectivity index (χ2v) is 3.34. The van der Waals surface area contributed by atoms with Crippen molar-refractivity contribution in [2.75, 3.05) is 10.6 Å². The van der Waals surface area contributed by atoms with Gasteiger partial charge < -0.3 is 5.32 Å². The topological polar surface area (TPSA) is 97.4 Å². The molecule has 6 nitrogen and oxygen atoms in total. The van der Waals surface area contributed by atoms with Gasteiger partial charge in [0.15, 0.2) is 6.19 Å². The lowest BCUT2D eigenvalue weighted by Crippen LogP contribution is -1.97. The van der Waals surface area contributed by atoms with Crippen LogP contribution in [-0.4, -0.2) is 9.97 Å². The lowest BCUT2D eigenvalue weighted by Gasteiger charge is -2.06. The largest absolute Gasteiger partial charge is 0.340 e. The van der Waals surface area contributed by atoms with E-state index in [0.717, 1.165) is 5.69 Å². The summed E-state index contributed by atoms with van der Waals surface area (Å²) in [7, 11) is 0. The Kier molecular flexibility index (Phi) is 3.34. The maximum absolute atomic E-state index is 8.79. The monoisotopic (exact) mass is 236 g/mol. The van der Waals surface area contributed by atoms with Gasteiger partial charge in [-0.3, -0.25) is 5.32 Å². The van der Waals surface area contributed by atoms with Crippen molar-refractivity contribution in [2.45, 2.75) is 0 Å². The van der Waals surface area contributed by atoms with Crippen LogP contribution in [-0.2, 0) is 0 Å². The maximum Gasteiger partial charge on any atom is 0.182 e. The van der Waals surface area contributed by atoms with E-state index >= 15 is 0 Å². The highest BCUT2D eigenvalue weighted by atomic mass is 15.1. The maximum atomic E-state index is 8.79. The van der Waals surface area contributed by atoms with Crippen LogP contribution in [0.25, 0.3) is 0 Å². The van der Waals surface area contributed by atoms with E-state index in [1.165, 1.54) is 6.33 Å². The predicted octanol–water partition coefficient (Wildman–Crippen LogP) is 1.98. The van der Waals surface area contributed by atoms with Crippen molar-refractivity contribution in [2.24, 2.45) is 0 Å².